The van der Waals surface area contributed by atoms with Gasteiger partial charge >= 0.3 is 0 Å². The Bertz CT molecular complexity index is 682. The van der Waals surface area contributed by atoms with Gasteiger partial charge in [0.25, 0.3) is 0 Å². The van der Waals surface area contributed by atoms with Crippen molar-refractivity contribution in [2.75, 3.05) is 23.3 Å². The second-order valence-electron chi connectivity index (χ2n) is 6.12. The van der Waals surface area contributed by atoms with Crippen molar-refractivity contribution in [2.45, 2.75) is 25.7 Å². The molecule has 0 aliphatic carbocycles. The monoisotopic (exact) mass is 310 g/mol. The van der Waals surface area contributed by atoms with Crippen LogP contribution in [0, 0.1) is 0 Å². The number of carbonyl (C=O) groups is 1. The molecule has 1 unspecified atom stereocenters. The minimum atomic E-state index is -0.0416. The number of carbonyl (C=O) groups excluding carboxylic acids is 1. The molecule has 2 aromatic carbocycles. The predicted molar refractivity (Wildman–Crippen MR) is 93.0 cm³/mol. The Kier molecular flexibility index (Phi) is 4.51. The minimum Gasteiger partial charge on any atom is -0.508 e. The number of hydrogen-bond donors (Lipinski definition) is 2. The van der Waals surface area contributed by atoms with E-state index in [0.717, 1.165) is 19.4 Å². The Balaban J connectivity index is 1.72. The van der Waals surface area contributed by atoms with Gasteiger partial charge in [-0.1, -0.05) is 25.1 Å². The molecule has 0 saturated carbocycles. The number of rotatable bonds is 3. The molecule has 23 heavy (non-hydrogen) atoms. The van der Waals surface area contributed by atoms with Crippen molar-refractivity contribution in [3.05, 3.63) is 54.1 Å². The molecule has 3 rings (SSSR count). The highest BCUT2D eigenvalue weighted by atomic mass is 16.3. The van der Waals surface area contributed by atoms with Crippen LogP contribution in [0.25, 0.3) is 0 Å². The van der Waals surface area contributed by atoms with E-state index in [2.05, 4.69) is 35.3 Å². The summed E-state index contributed by atoms with van der Waals surface area (Å²) in [5.41, 5.74) is 3.19. The van der Waals surface area contributed by atoms with Crippen LogP contribution < -0.4 is 10.2 Å². The highest BCUT2D eigenvalue weighted by Crippen LogP contribution is 2.33. The second-order valence-corrected chi connectivity index (χ2v) is 6.12. The molecule has 2 N–H and O–H groups in total. The predicted octanol–water partition coefficient (Wildman–Crippen LogP) is 3.73. The van der Waals surface area contributed by atoms with Gasteiger partial charge < -0.3 is 15.3 Å². The van der Waals surface area contributed by atoms with E-state index in [1.54, 1.807) is 24.3 Å². The normalized spacial score (nSPS) is 17.3. The van der Waals surface area contributed by atoms with Crippen LogP contribution in [0.3, 0.4) is 0 Å². The lowest BCUT2D eigenvalue weighted by molar-refractivity contribution is -0.115. The topological polar surface area (TPSA) is 52.6 Å². The summed E-state index contributed by atoms with van der Waals surface area (Å²) in [6.45, 7) is 3.48. The fourth-order valence-electron chi connectivity index (χ4n) is 3.14. The molecule has 1 amide bonds. The van der Waals surface area contributed by atoms with Crippen LogP contribution in [0.4, 0.5) is 11.4 Å². The van der Waals surface area contributed by atoms with E-state index in [1.165, 1.54) is 11.3 Å². The number of benzene rings is 2. The van der Waals surface area contributed by atoms with Gasteiger partial charge in [0.05, 0.1) is 6.54 Å². The molecule has 1 aliphatic heterocycles. The van der Waals surface area contributed by atoms with E-state index in [0.29, 0.717) is 18.2 Å². The maximum absolute atomic E-state index is 12.4. The van der Waals surface area contributed by atoms with Crippen molar-refractivity contribution < 1.29 is 9.90 Å². The van der Waals surface area contributed by atoms with Crippen LogP contribution in [0.2, 0.25) is 0 Å². The Hall–Kier alpha value is -2.49. The van der Waals surface area contributed by atoms with E-state index in [1.807, 2.05) is 6.07 Å². The number of fused-ring (bicyclic) bond motifs is 1. The number of amides is 1. The van der Waals surface area contributed by atoms with Crippen molar-refractivity contribution in [3.63, 3.8) is 0 Å². The Labute approximate surface area is 136 Å². The van der Waals surface area contributed by atoms with Crippen molar-refractivity contribution in [2.24, 2.45) is 0 Å². The molecule has 4 heteroatoms. The molecule has 0 aromatic heterocycles. The number of para-hydroxylation sites is 1. The summed E-state index contributed by atoms with van der Waals surface area (Å²) < 4.78 is 0. The van der Waals surface area contributed by atoms with Gasteiger partial charge in [-0.25, -0.2) is 0 Å². The minimum absolute atomic E-state index is 0.0416. The first-order chi connectivity index (χ1) is 11.1. The van der Waals surface area contributed by atoms with Gasteiger partial charge in [0.1, 0.15) is 5.75 Å². The first-order valence-corrected chi connectivity index (χ1v) is 8.06. The largest absolute Gasteiger partial charge is 0.508 e. The van der Waals surface area contributed by atoms with Crippen LogP contribution in [-0.2, 0) is 4.79 Å². The van der Waals surface area contributed by atoms with Gasteiger partial charge in [-0.2, -0.15) is 0 Å². The average molecular weight is 310 g/mol. The summed E-state index contributed by atoms with van der Waals surface area (Å²) in [6, 6.07) is 14.9. The first kappa shape index (κ1) is 15.4. The molecule has 1 aliphatic rings. The van der Waals surface area contributed by atoms with Gasteiger partial charge in [-0.05, 0) is 54.7 Å². The molecule has 4 nitrogen and oxygen atoms in total. The summed E-state index contributed by atoms with van der Waals surface area (Å²) in [4.78, 5) is 14.5. The highest BCUT2D eigenvalue weighted by molar-refractivity contribution is 5.94. The summed E-state index contributed by atoms with van der Waals surface area (Å²) >= 11 is 0. The van der Waals surface area contributed by atoms with Crippen LogP contribution in [0.15, 0.2) is 48.5 Å². The molecular formula is C19H22N2O2. The van der Waals surface area contributed by atoms with E-state index < -0.39 is 0 Å². The summed E-state index contributed by atoms with van der Waals surface area (Å²) in [7, 11) is 0. The summed E-state index contributed by atoms with van der Waals surface area (Å²) in [5, 5.41) is 12.2. The lowest BCUT2D eigenvalue weighted by Crippen LogP contribution is -2.33. The Morgan fingerprint density at radius 3 is 2.74 bits per heavy atom. The van der Waals surface area contributed by atoms with E-state index in [-0.39, 0.29) is 11.7 Å². The lowest BCUT2D eigenvalue weighted by atomic mass is 9.96. The van der Waals surface area contributed by atoms with Gasteiger partial charge in [-0.15, -0.1) is 0 Å². The molecule has 0 fully saturated rings. The average Bonchev–Trinajstić information content (AvgIpc) is 2.70. The number of nitrogens with one attached hydrogen (secondary N) is 1. The van der Waals surface area contributed by atoms with Gasteiger partial charge in [0.2, 0.25) is 5.91 Å². The molecule has 0 spiro atoms. The molecular weight excluding hydrogens is 288 g/mol. The number of anilines is 2. The van der Waals surface area contributed by atoms with Crippen molar-refractivity contribution in [1.29, 1.82) is 0 Å². The SMILES string of the molecule is CC1CCCN(CC(=O)Nc2ccc(O)cc2)c2ccccc21. The van der Waals surface area contributed by atoms with Crippen molar-refractivity contribution in [3.8, 4) is 5.75 Å². The third kappa shape index (κ3) is 3.65. The van der Waals surface area contributed by atoms with Crippen LogP contribution in [0.1, 0.15) is 31.2 Å². The Morgan fingerprint density at radius 1 is 1.22 bits per heavy atom. The molecule has 2 aromatic rings. The third-order valence-corrected chi connectivity index (χ3v) is 4.36. The Morgan fingerprint density at radius 2 is 1.96 bits per heavy atom. The molecule has 1 heterocycles. The molecule has 0 bridgehead atoms. The van der Waals surface area contributed by atoms with Gasteiger partial charge in [-0.3, -0.25) is 4.79 Å². The number of aromatic hydroxyl groups is 1. The fraction of sp³-hybridized carbons (Fsp3) is 0.316. The maximum atomic E-state index is 12.4. The standard InChI is InChI=1S/C19H22N2O2/c1-14-5-4-12-21(18-7-3-2-6-17(14)18)13-19(23)20-15-8-10-16(22)11-9-15/h2-3,6-11,14,22H,4-5,12-13H2,1H3,(H,20,23). The summed E-state index contributed by atoms with van der Waals surface area (Å²) in [6.07, 6.45) is 2.23. The third-order valence-electron chi connectivity index (χ3n) is 4.36. The zero-order valence-corrected chi connectivity index (χ0v) is 13.3. The molecule has 1 atom stereocenters. The highest BCUT2D eigenvalue weighted by Gasteiger charge is 2.21. The number of phenols is 1. The molecule has 120 valence electrons. The number of phenolic OH excluding ortho intramolecular Hbond substituents is 1. The number of hydrogen-bond acceptors (Lipinski definition) is 3. The van der Waals surface area contributed by atoms with E-state index in [4.69, 9.17) is 0 Å². The van der Waals surface area contributed by atoms with Crippen molar-refractivity contribution in [1.82, 2.24) is 0 Å². The molecule has 0 radical (unpaired) electrons. The van der Waals surface area contributed by atoms with E-state index >= 15 is 0 Å². The van der Waals surface area contributed by atoms with Crippen LogP contribution in [0.5, 0.6) is 5.75 Å². The fourth-order valence-corrected chi connectivity index (χ4v) is 3.14. The smallest absolute Gasteiger partial charge is 0.243 e. The lowest BCUT2D eigenvalue weighted by Gasteiger charge is -2.24. The van der Waals surface area contributed by atoms with Crippen molar-refractivity contribution >= 4 is 17.3 Å². The van der Waals surface area contributed by atoms with Gasteiger partial charge in [0, 0.05) is 17.9 Å². The van der Waals surface area contributed by atoms with E-state index in [9.17, 15) is 9.90 Å². The molecule has 0 saturated heterocycles. The van der Waals surface area contributed by atoms with Crippen LogP contribution in [-0.4, -0.2) is 24.1 Å². The summed E-state index contributed by atoms with van der Waals surface area (Å²) in [5.74, 6) is 0.676. The maximum Gasteiger partial charge on any atom is 0.243 e. The van der Waals surface area contributed by atoms with Gasteiger partial charge in [0.15, 0.2) is 0 Å². The zero-order chi connectivity index (χ0) is 16.2. The van der Waals surface area contributed by atoms with Crippen LogP contribution >= 0.6 is 0 Å². The first-order valence-electron chi connectivity index (χ1n) is 8.06. The quantitative estimate of drug-likeness (QED) is 0.849. The second kappa shape index (κ2) is 6.73. The number of nitrogens with zero attached hydrogens (tertiary/aromatic N) is 1. The zero-order valence-electron chi connectivity index (χ0n) is 13.3.